The summed E-state index contributed by atoms with van der Waals surface area (Å²) in [5, 5.41) is 13.3. The van der Waals surface area contributed by atoms with Gasteiger partial charge in [-0.05, 0) is 57.8 Å². The molecule has 17 heavy (non-hydrogen) atoms. The van der Waals surface area contributed by atoms with E-state index in [0.717, 1.165) is 30.8 Å². The Hall–Kier alpha value is -1.22. The van der Waals surface area contributed by atoms with E-state index in [9.17, 15) is 5.11 Å². The Morgan fingerprint density at radius 3 is 2.94 bits per heavy atom. The molecule has 1 heterocycles. The normalized spacial score (nSPS) is 19.8. The number of benzene rings is 1. The molecule has 2 rings (SSSR count). The van der Waals surface area contributed by atoms with Crippen molar-refractivity contribution in [2.24, 2.45) is 5.92 Å². The first kappa shape index (κ1) is 12.2. The van der Waals surface area contributed by atoms with E-state index in [-0.39, 0.29) is 6.10 Å². The zero-order chi connectivity index (χ0) is 12.3. The summed E-state index contributed by atoms with van der Waals surface area (Å²) in [5.41, 5.74) is 0.954. The van der Waals surface area contributed by atoms with Crippen LogP contribution in [0.3, 0.4) is 0 Å². The third-order valence-corrected chi connectivity index (χ3v) is 3.13. The second-order valence-corrected chi connectivity index (χ2v) is 4.98. The second kappa shape index (κ2) is 5.41. The highest BCUT2D eigenvalue weighted by molar-refractivity contribution is 5.44. The van der Waals surface area contributed by atoms with Crippen molar-refractivity contribution in [3.8, 4) is 11.5 Å². The minimum atomic E-state index is 0.136. The van der Waals surface area contributed by atoms with Crippen LogP contribution in [0.25, 0.3) is 0 Å². The van der Waals surface area contributed by atoms with Crippen LogP contribution in [0.2, 0.25) is 0 Å². The second-order valence-electron chi connectivity index (χ2n) is 4.98. The fraction of sp³-hybridized carbons (Fsp3) is 0.571. The van der Waals surface area contributed by atoms with Crippen LogP contribution >= 0.6 is 0 Å². The van der Waals surface area contributed by atoms with Crippen molar-refractivity contribution in [2.45, 2.75) is 32.8 Å². The first-order valence-corrected chi connectivity index (χ1v) is 6.35. The summed E-state index contributed by atoms with van der Waals surface area (Å²) in [4.78, 5) is 0. The van der Waals surface area contributed by atoms with Gasteiger partial charge in [-0.1, -0.05) is 6.07 Å². The number of phenols is 1. The maximum atomic E-state index is 9.96. The number of phenolic OH excluding ortho intramolecular Hbond substituents is 1. The Morgan fingerprint density at radius 1 is 1.47 bits per heavy atom. The van der Waals surface area contributed by atoms with Gasteiger partial charge in [-0.25, -0.2) is 0 Å². The average Bonchev–Trinajstić information content (AvgIpc) is 2.75. The molecule has 0 aliphatic carbocycles. The summed E-state index contributed by atoms with van der Waals surface area (Å²) < 4.78 is 5.76. The van der Waals surface area contributed by atoms with Gasteiger partial charge in [0.05, 0.1) is 6.10 Å². The summed E-state index contributed by atoms with van der Waals surface area (Å²) >= 11 is 0. The molecule has 3 heteroatoms. The molecule has 2 N–H and O–H groups in total. The zero-order valence-electron chi connectivity index (χ0n) is 10.6. The Labute approximate surface area is 103 Å². The quantitative estimate of drug-likeness (QED) is 0.841. The number of hydrogen-bond acceptors (Lipinski definition) is 3. The van der Waals surface area contributed by atoms with Gasteiger partial charge in [-0.3, -0.25) is 0 Å². The van der Waals surface area contributed by atoms with E-state index in [1.165, 1.54) is 6.42 Å². The van der Waals surface area contributed by atoms with Crippen LogP contribution in [0.4, 0.5) is 0 Å². The van der Waals surface area contributed by atoms with Crippen LogP contribution in [0.15, 0.2) is 18.2 Å². The molecule has 0 radical (unpaired) electrons. The Bertz CT molecular complexity index is 370. The first-order chi connectivity index (χ1) is 8.16. The van der Waals surface area contributed by atoms with Crippen molar-refractivity contribution >= 4 is 0 Å². The van der Waals surface area contributed by atoms with Crippen LogP contribution in [0.5, 0.6) is 11.5 Å². The molecule has 94 valence electrons. The highest BCUT2D eigenvalue weighted by atomic mass is 16.5. The maximum Gasteiger partial charge on any atom is 0.126 e. The zero-order valence-corrected chi connectivity index (χ0v) is 10.6. The molecular formula is C14H21NO2. The van der Waals surface area contributed by atoms with Gasteiger partial charge in [0.2, 0.25) is 0 Å². The van der Waals surface area contributed by atoms with Crippen LogP contribution in [0, 0.1) is 5.92 Å². The Kier molecular flexibility index (Phi) is 3.89. The minimum absolute atomic E-state index is 0.136. The lowest BCUT2D eigenvalue weighted by molar-refractivity contribution is 0.237. The molecule has 1 unspecified atom stereocenters. The lowest BCUT2D eigenvalue weighted by Gasteiger charge is -2.17. The predicted molar refractivity (Wildman–Crippen MR) is 68.6 cm³/mol. The van der Waals surface area contributed by atoms with Crippen LogP contribution < -0.4 is 10.1 Å². The number of nitrogens with one attached hydrogen (secondary N) is 1. The third kappa shape index (κ3) is 3.13. The standard InChI is InChI=1S/C14H21NO2/c1-10(2)17-14-5-3-4-13(16)12(14)8-11-6-7-15-9-11/h3-5,10-11,15-16H,6-9H2,1-2H3. The van der Waals surface area contributed by atoms with E-state index in [2.05, 4.69) is 5.32 Å². The van der Waals surface area contributed by atoms with Crippen LogP contribution in [0.1, 0.15) is 25.8 Å². The molecule has 1 aliphatic rings. The molecular weight excluding hydrogens is 214 g/mol. The molecule has 3 nitrogen and oxygen atoms in total. The van der Waals surface area contributed by atoms with Crippen molar-refractivity contribution < 1.29 is 9.84 Å². The molecule has 0 saturated carbocycles. The van der Waals surface area contributed by atoms with E-state index in [4.69, 9.17) is 4.74 Å². The van der Waals surface area contributed by atoms with Crippen molar-refractivity contribution in [3.63, 3.8) is 0 Å². The lowest BCUT2D eigenvalue weighted by Crippen LogP contribution is -2.13. The number of hydrogen-bond donors (Lipinski definition) is 2. The van der Waals surface area contributed by atoms with Gasteiger partial charge in [0.25, 0.3) is 0 Å². The fourth-order valence-electron chi connectivity index (χ4n) is 2.30. The van der Waals surface area contributed by atoms with Crippen molar-refractivity contribution in [1.29, 1.82) is 0 Å². The SMILES string of the molecule is CC(C)Oc1cccc(O)c1CC1CCNC1. The van der Waals surface area contributed by atoms with Gasteiger partial charge in [-0.2, -0.15) is 0 Å². The van der Waals surface area contributed by atoms with Gasteiger partial charge in [0.15, 0.2) is 0 Å². The molecule has 1 saturated heterocycles. The predicted octanol–water partition coefficient (Wildman–Crippen LogP) is 2.33. The highest BCUT2D eigenvalue weighted by Crippen LogP contribution is 2.31. The van der Waals surface area contributed by atoms with Gasteiger partial charge >= 0.3 is 0 Å². The molecule has 0 aromatic heterocycles. The molecule has 0 spiro atoms. The summed E-state index contributed by atoms with van der Waals surface area (Å²) in [7, 11) is 0. The molecule has 1 aliphatic heterocycles. The lowest BCUT2D eigenvalue weighted by atomic mass is 9.97. The fourth-order valence-corrected chi connectivity index (χ4v) is 2.30. The number of rotatable bonds is 4. The maximum absolute atomic E-state index is 9.96. The van der Waals surface area contributed by atoms with E-state index in [0.29, 0.717) is 11.7 Å². The third-order valence-electron chi connectivity index (χ3n) is 3.13. The van der Waals surface area contributed by atoms with Gasteiger partial charge in [0.1, 0.15) is 11.5 Å². The van der Waals surface area contributed by atoms with E-state index < -0.39 is 0 Å². The van der Waals surface area contributed by atoms with E-state index in [1.54, 1.807) is 6.07 Å². The van der Waals surface area contributed by atoms with Crippen molar-refractivity contribution in [2.75, 3.05) is 13.1 Å². The smallest absolute Gasteiger partial charge is 0.126 e. The monoisotopic (exact) mass is 235 g/mol. The molecule has 1 aromatic rings. The largest absolute Gasteiger partial charge is 0.508 e. The summed E-state index contributed by atoms with van der Waals surface area (Å²) in [6.45, 7) is 6.13. The molecule has 1 fully saturated rings. The van der Waals surface area contributed by atoms with Gasteiger partial charge in [-0.15, -0.1) is 0 Å². The topological polar surface area (TPSA) is 41.5 Å². The summed E-state index contributed by atoms with van der Waals surface area (Å²) in [5.74, 6) is 1.79. The number of aromatic hydroxyl groups is 1. The first-order valence-electron chi connectivity index (χ1n) is 6.35. The molecule has 0 amide bonds. The van der Waals surface area contributed by atoms with Crippen molar-refractivity contribution in [3.05, 3.63) is 23.8 Å². The van der Waals surface area contributed by atoms with E-state index in [1.807, 2.05) is 26.0 Å². The van der Waals surface area contributed by atoms with Gasteiger partial charge in [0, 0.05) is 5.56 Å². The average molecular weight is 235 g/mol. The molecule has 0 bridgehead atoms. The Morgan fingerprint density at radius 2 is 2.29 bits per heavy atom. The summed E-state index contributed by atoms with van der Waals surface area (Å²) in [6, 6.07) is 5.52. The summed E-state index contributed by atoms with van der Waals surface area (Å²) in [6.07, 6.45) is 2.20. The Balaban J connectivity index is 2.17. The van der Waals surface area contributed by atoms with Crippen molar-refractivity contribution in [1.82, 2.24) is 5.32 Å². The van der Waals surface area contributed by atoms with Crippen LogP contribution in [-0.2, 0) is 6.42 Å². The minimum Gasteiger partial charge on any atom is -0.508 e. The highest BCUT2D eigenvalue weighted by Gasteiger charge is 2.19. The van der Waals surface area contributed by atoms with Crippen LogP contribution in [-0.4, -0.2) is 24.3 Å². The van der Waals surface area contributed by atoms with Gasteiger partial charge < -0.3 is 15.2 Å². The molecule has 1 atom stereocenters. The molecule has 1 aromatic carbocycles. The van der Waals surface area contributed by atoms with E-state index >= 15 is 0 Å². The number of ether oxygens (including phenoxy) is 1.